The van der Waals surface area contributed by atoms with Gasteiger partial charge in [0.25, 0.3) is 11.8 Å². The summed E-state index contributed by atoms with van der Waals surface area (Å²) in [4.78, 5) is 29.0. The minimum Gasteiger partial charge on any atom is -0.493 e. The Hall–Kier alpha value is -4.20. The Kier molecular flexibility index (Phi) is 7.72. The molecule has 2 amide bonds. The lowest BCUT2D eigenvalue weighted by molar-refractivity contribution is -0.134. The fourth-order valence-electron chi connectivity index (χ4n) is 3.78. The molecule has 4 rings (SSSR count). The van der Waals surface area contributed by atoms with Crippen LogP contribution in [0.5, 0.6) is 28.7 Å². The van der Waals surface area contributed by atoms with Crippen LogP contribution in [0.3, 0.4) is 0 Å². The summed E-state index contributed by atoms with van der Waals surface area (Å²) >= 11 is 0. The van der Waals surface area contributed by atoms with Gasteiger partial charge in [0.15, 0.2) is 18.1 Å². The first-order chi connectivity index (χ1) is 17.1. The van der Waals surface area contributed by atoms with Gasteiger partial charge in [-0.1, -0.05) is 18.2 Å². The van der Waals surface area contributed by atoms with Crippen molar-refractivity contribution in [3.8, 4) is 28.7 Å². The first-order valence-electron chi connectivity index (χ1n) is 11.3. The van der Waals surface area contributed by atoms with Gasteiger partial charge in [-0.15, -0.1) is 0 Å². The molecule has 1 saturated heterocycles. The molecule has 0 bridgehead atoms. The summed E-state index contributed by atoms with van der Waals surface area (Å²) in [6, 6.07) is 21.7. The molecule has 0 aromatic heterocycles. The SMILES string of the molecule is COc1ccc(C(=O)N2CCN(C(=O)COc3ccc(Oc4ccccc4)cc3)CC2)cc1OC. The summed E-state index contributed by atoms with van der Waals surface area (Å²) in [5, 5.41) is 0. The first-order valence-corrected chi connectivity index (χ1v) is 11.3. The van der Waals surface area contributed by atoms with Crippen LogP contribution in [0, 0.1) is 0 Å². The molecule has 1 aliphatic rings. The van der Waals surface area contributed by atoms with Gasteiger partial charge in [0.2, 0.25) is 0 Å². The van der Waals surface area contributed by atoms with E-state index in [1.165, 1.54) is 7.11 Å². The van der Waals surface area contributed by atoms with Crippen molar-refractivity contribution in [1.29, 1.82) is 0 Å². The molecule has 1 fully saturated rings. The Balaban J connectivity index is 1.24. The molecule has 0 spiro atoms. The molecule has 182 valence electrons. The number of rotatable bonds is 8. The summed E-state index contributed by atoms with van der Waals surface area (Å²) in [6.07, 6.45) is 0. The van der Waals surface area contributed by atoms with Crippen molar-refractivity contribution in [2.45, 2.75) is 0 Å². The van der Waals surface area contributed by atoms with Gasteiger partial charge < -0.3 is 28.7 Å². The van der Waals surface area contributed by atoms with Crippen LogP contribution in [-0.4, -0.2) is 68.6 Å². The topological polar surface area (TPSA) is 77.5 Å². The molecular formula is C27H28N2O6. The Morgan fingerprint density at radius 2 is 1.31 bits per heavy atom. The molecular weight excluding hydrogens is 448 g/mol. The van der Waals surface area contributed by atoms with Crippen LogP contribution >= 0.6 is 0 Å². The molecule has 0 radical (unpaired) electrons. The van der Waals surface area contributed by atoms with Crippen molar-refractivity contribution in [1.82, 2.24) is 9.80 Å². The van der Waals surface area contributed by atoms with E-state index in [1.54, 1.807) is 59.4 Å². The highest BCUT2D eigenvalue weighted by atomic mass is 16.5. The molecule has 3 aromatic carbocycles. The van der Waals surface area contributed by atoms with E-state index in [2.05, 4.69) is 0 Å². The molecule has 0 saturated carbocycles. The number of hydrogen-bond acceptors (Lipinski definition) is 6. The number of para-hydroxylation sites is 1. The van der Waals surface area contributed by atoms with E-state index in [4.69, 9.17) is 18.9 Å². The zero-order valence-electron chi connectivity index (χ0n) is 19.8. The predicted molar refractivity (Wildman–Crippen MR) is 130 cm³/mol. The molecule has 0 unspecified atom stereocenters. The van der Waals surface area contributed by atoms with E-state index in [-0.39, 0.29) is 18.4 Å². The van der Waals surface area contributed by atoms with Crippen LogP contribution in [0.1, 0.15) is 10.4 Å². The van der Waals surface area contributed by atoms with Crippen molar-refractivity contribution >= 4 is 11.8 Å². The van der Waals surface area contributed by atoms with Gasteiger partial charge in [-0.05, 0) is 54.6 Å². The minimum absolute atomic E-state index is 0.0670. The number of amides is 2. The average molecular weight is 477 g/mol. The van der Waals surface area contributed by atoms with Crippen LogP contribution in [0.25, 0.3) is 0 Å². The second kappa shape index (κ2) is 11.3. The Morgan fingerprint density at radius 1 is 0.714 bits per heavy atom. The van der Waals surface area contributed by atoms with Gasteiger partial charge in [-0.3, -0.25) is 9.59 Å². The Morgan fingerprint density at radius 3 is 1.97 bits per heavy atom. The molecule has 1 aliphatic heterocycles. The second-order valence-corrected chi connectivity index (χ2v) is 7.92. The average Bonchev–Trinajstić information content (AvgIpc) is 2.92. The van der Waals surface area contributed by atoms with E-state index in [1.807, 2.05) is 30.3 Å². The van der Waals surface area contributed by atoms with E-state index in [0.717, 1.165) is 5.75 Å². The van der Waals surface area contributed by atoms with Gasteiger partial charge in [-0.2, -0.15) is 0 Å². The van der Waals surface area contributed by atoms with Crippen LogP contribution in [0.4, 0.5) is 0 Å². The van der Waals surface area contributed by atoms with Crippen molar-refractivity contribution < 1.29 is 28.5 Å². The Bertz CT molecular complexity index is 1140. The predicted octanol–water partition coefficient (Wildman–Crippen LogP) is 3.86. The third-order valence-electron chi connectivity index (χ3n) is 5.72. The number of carbonyl (C=O) groups is 2. The molecule has 8 heteroatoms. The van der Waals surface area contributed by atoms with E-state index >= 15 is 0 Å². The van der Waals surface area contributed by atoms with E-state index in [0.29, 0.717) is 54.7 Å². The Labute approximate surface area is 204 Å². The van der Waals surface area contributed by atoms with Gasteiger partial charge in [0.1, 0.15) is 17.2 Å². The van der Waals surface area contributed by atoms with Crippen LogP contribution < -0.4 is 18.9 Å². The maximum Gasteiger partial charge on any atom is 0.260 e. The number of nitrogens with zero attached hydrogens (tertiary/aromatic N) is 2. The maximum absolute atomic E-state index is 12.9. The first kappa shape index (κ1) is 23.9. The molecule has 0 atom stereocenters. The summed E-state index contributed by atoms with van der Waals surface area (Å²) in [6.45, 7) is 1.73. The lowest BCUT2D eigenvalue weighted by Gasteiger charge is -2.34. The maximum atomic E-state index is 12.9. The fraction of sp³-hybridized carbons (Fsp3) is 0.259. The minimum atomic E-state index is -0.118. The van der Waals surface area contributed by atoms with Crippen LogP contribution in [0.2, 0.25) is 0 Å². The highest BCUT2D eigenvalue weighted by Gasteiger charge is 2.25. The summed E-state index contributed by atoms with van der Waals surface area (Å²) < 4.78 is 21.9. The fourth-order valence-corrected chi connectivity index (χ4v) is 3.78. The number of piperazine rings is 1. The number of ether oxygens (including phenoxy) is 4. The van der Waals surface area contributed by atoms with Gasteiger partial charge in [-0.25, -0.2) is 0 Å². The molecule has 1 heterocycles. The van der Waals surface area contributed by atoms with Crippen molar-refractivity contribution in [3.05, 3.63) is 78.4 Å². The number of methoxy groups -OCH3 is 2. The van der Waals surface area contributed by atoms with Crippen molar-refractivity contribution in [2.24, 2.45) is 0 Å². The largest absolute Gasteiger partial charge is 0.493 e. The lowest BCUT2D eigenvalue weighted by atomic mass is 10.1. The zero-order chi connectivity index (χ0) is 24.6. The molecule has 8 nitrogen and oxygen atoms in total. The number of hydrogen-bond donors (Lipinski definition) is 0. The van der Waals surface area contributed by atoms with Gasteiger partial charge in [0.05, 0.1) is 14.2 Å². The normalized spacial score (nSPS) is 13.2. The monoisotopic (exact) mass is 476 g/mol. The molecule has 0 aliphatic carbocycles. The van der Waals surface area contributed by atoms with Crippen LogP contribution in [0.15, 0.2) is 72.8 Å². The van der Waals surface area contributed by atoms with Gasteiger partial charge in [0, 0.05) is 31.7 Å². The van der Waals surface area contributed by atoms with Crippen molar-refractivity contribution in [3.63, 3.8) is 0 Å². The summed E-state index contributed by atoms with van der Waals surface area (Å²) in [5.74, 6) is 2.87. The summed E-state index contributed by atoms with van der Waals surface area (Å²) in [5.41, 5.74) is 0.519. The number of benzene rings is 3. The quantitative estimate of drug-likeness (QED) is 0.491. The lowest BCUT2D eigenvalue weighted by Crippen LogP contribution is -2.51. The van der Waals surface area contributed by atoms with Crippen LogP contribution in [-0.2, 0) is 4.79 Å². The highest BCUT2D eigenvalue weighted by Crippen LogP contribution is 2.28. The molecule has 0 N–H and O–H groups in total. The summed E-state index contributed by atoms with van der Waals surface area (Å²) in [7, 11) is 3.08. The highest BCUT2D eigenvalue weighted by molar-refractivity contribution is 5.95. The molecule has 3 aromatic rings. The number of carbonyl (C=O) groups excluding carboxylic acids is 2. The van der Waals surface area contributed by atoms with Crippen molar-refractivity contribution in [2.75, 3.05) is 47.0 Å². The smallest absolute Gasteiger partial charge is 0.260 e. The van der Waals surface area contributed by atoms with E-state index in [9.17, 15) is 9.59 Å². The van der Waals surface area contributed by atoms with Gasteiger partial charge >= 0.3 is 0 Å². The molecule has 35 heavy (non-hydrogen) atoms. The standard InChI is InChI=1S/C27H28N2O6/c1-32-24-13-8-20(18-25(24)33-2)27(31)29-16-14-28(15-17-29)26(30)19-34-21-9-11-23(12-10-21)35-22-6-4-3-5-7-22/h3-13,18H,14-17,19H2,1-2H3. The van der Waals surface area contributed by atoms with E-state index < -0.39 is 0 Å². The zero-order valence-corrected chi connectivity index (χ0v) is 19.8. The third-order valence-corrected chi connectivity index (χ3v) is 5.72. The third kappa shape index (κ3) is 6.03. The second-order valence-electron chi connectivity index (χ2n) is 7.92.